The highest BCUT2D eigenvalue weighted by molar-refractivity contribution is 5.96. The predicted octanol–water partition coefficient (Wildman–Crippen LogP) is 3.53. The largest absolute Gasteiger partial charge is 0.314 e. The zero-order chi connectivity index (χ0) is 18.4. The molecule has 1 heterocycles. The molecule has 1 saturated heterocycles. The molecule has 1 N–H and O–H groups in total. The van der Waals surface area contributed by atoms with E-state index in [9.17, 15) is 14.9 Å². The van der Waals surface area contributed by atoms with Crippen molar-refractivity contribution in [2.75, 3.05) is 26.2 Å². The second kappa shape index (κ2) is 11.8. The third kappa shape index (κ3) is 6.56. The number of rotatable bonds is 7. The number of nitro groups is 1. The van der Waals surface area contributed by atoms with E-state index in [1.807, 2.05) is 18.2 Å². The van der Waals surface area contributed by atoms with Gasteiger partial charge in [0.2, 0.25) is 0 Å². The Bertz CT molecular complexity index is 757. The zero-order valence-electron chi connectivity index (χ0n) is 15.5. The van der Waals surface area contributed by atoms with Crippen molar-refractivity contribution >= 4 is 36.3 Å². The van der Waals surface area contributed by atoms with E-state index in [2.05, 4.69) is 22.3 Å². The van der Waals surface area contributed by atoms with Crippen LogP contribution in [0, 0.1) is 10.1 Å². The average molecular weight is 426 g/mol. The van der Waals surface area contributed by atoms with Crippen LogP contribution in [0.1, 0.15) is 22.3 Å². The second-order valence-corrected chi connectivity index (χ2v) is 6.56. The summed E-state index contributed by atoms with van der Waals surface area (Å²) in [6.07, 6.45) is 1.38. The molecule has 0 aromatic heterocycles. The molecule has 2 aromatic carbocycles. The molecule has 1 atom stereocenters. The number of carbonyl (C=O) groups excluding carboxylic acids is 1. The molecule has 3 rings (SSSR count). The predicted molar refractivity (Wildman–Crippen MR) is 115 cm³/mol. The van der Waals surface area contributed by atoms with Gasteiger partial charge in [-0.25, -0.2) is 0 Å². The summed E-state index contributed by atoms with van der Waals surface area (Å²) in [5.41, 5.74) is 1.84. The maximum Gasteiger partial charge on any atom is 0.269 e. The van der Waals surface area contributed by atoms with E-state index in [0.29, 0.717) is 24.6 Å². The molecular formula is C20H25Cl2N3O3. The highest BCUT2D eigenvalue weighted by Crippen LogP contribution is 2.15. The van der Waals surface area contributed by atoms with Gasteiger partial charge < -0.3 is 5.32 Å². The number of carbonyl (C=O) groups is 1. The Hall–Kier alpha value is -1.99. The van der Waals surface area contributed by atoms with Gasteiger partial charge in [-0.1, -0.05) is 30.3 Å². The molecule has 0 aliphatic carbocycles. The first-order chi connectivity index (χ1) is 12.6. The van der Waals surface area contributed by atoms with Crippen LogP contribution in [0.3, 0.4) is 0 Å². The molecule has 1 aliphatic rings. The Labute approximate surface area is 177 Å². The van der Waals surface area contributed by atoms with Crippen LogP contribution in [0.15, 0.2) is 54.6 Å². The third-order valence-electron chi connectivity index (χ3n) is 4.81. The first-order valence-corrected chi connectivity index (χ1v) is 8.90. The van der Waals surface area contributed by atoms with Gasteiger partial charge in [0.05, 0.1) is 4.92 Å². The van der Waals surface area contributed by atoms with Crippen LogP contribution in [0.5, 0.6) is 0 Å². The smallest absolute Gasteiger partial charge is 0.269 e. The number of nitro benzene ring substituents is 1. The molecule has 152 valence electrons. The minimum atomic E-state index is -0.455. The van der Waals surface area contributed by atoms with Crippen LogP contribution in [-0.2, 0) is 6.42 Å². The molecule has 0 spiro atoms. The van der Waals surface area contributed by atoms with Crippen molar-refractivity contribution in [2.45, 2.75) is 18.9 Å². The van der Waals surface area contributed by atoms with Gasteiger partial charge in [0.1, 0.15) is 0 Å². The van der Waals surface area contributed by atoms with Gasteiger partial charge in [-0.15, -0.1) is 24.8 Å². The van der Waals surface area contributed by atoms with E-state index in [0.717, 1.165) is 26.1 Å². The average Bonchev–Trinajstić information content (AvgIpc) is 2.68. The van der Waals surface area contributed by atoms with E-state index in [-0.39, 0.29) is 36.3 Å². The lowest BCUT2D eigenvalue weighted by Gasteiger charge is -2.36. The Morgan fingerprint density at radius 2 is 1.79 bits per heavy atom. The number of halogens is 2. The van der Waals surface area contributed by atoms with Crippen LogP contribution in [-0.4, -0.2) is 47.8 Å². The third-order valence-corrected chi connectivity index (χ3v) is 4.81. The summed E-state index contributed by atoms with van der Waals surface area (Å²) in [6.45, 7) is 3.47. The maximum atomic E-state index is 12.4. The first-order valence-electron chi connectivity index (χ1n) is 8.90. The van der Waals surface area contributed by atoms with Crippen molar-refractivity contribution in [1.82, 2.24) is 10.2 Å². The van der Waals surface area contributed by atoms with Crippen LogP contribution >= 0.6 is 24.8 Å². The lowest BCUT2D eigenvalue weighted by Crippen LogP contribution is -2.52. The van der Waals surface area contributed by atoms with E-state index in [1.165, 1.54) is 17.7 Å². The molecule has 1 unspecified atom stereocenters. The zero-order valence-corrected chi connectivity index (χ0v) is 17.1. The van der Waals surface area contributed by atoms with Crippen molar-refractivity contribution in [3.05, 3.63) is 75.8 Å². The number of ketones is 1. The summed E-state index contributed by atoms with van der Waals surface area (Å²) in [5, 5.41) is 14.1. The molecule has 0 bridgehead atoms. The van der Waals surface area contributed by atoms with Crippen molar-refractivity contribution in [2.24, 2.45) is 0 Å². The highest BCUT2D eigenvalue weighted by atomic mass is 35.5. The van der Waals surface area contributed by atoms with Gasteiger partial charge in [0.15, 0.2) is 5.78 Å². The maximum absolute atomic E-state index is 12.4. The normalized spacial score (nSPS) is 16.5. The van der Waals surface area contributed by atoms with Gasteiger partial charge in [0.25, 0.3) is 5.69 Å². The lowest BCUT2D eigenvalue weighted by molar-refractivity contribution is -0.384. The van der Waals surface area contributed by atoms with Crippen molar-refractivity contribution in [3.63, 3.8) is 0 Å². The van der Waals surface area contributed by atoms with E-state index >= 15 is 0 Å². The van der Waals surface area contributed by atoms with Gasteiger partial charge in [0, 0.05) is 56.3 Å². The molecular weight excluding hydrogens is 401 g/mol. The molecule has 0 radical (unpaired) electrons. The van der Waals surface area contributed by atoms with E-state index in [1.54, 1.807) is 12.1 Å². The number of non-ortho nitro benzene ring substituents is 1. The van der Waals surface area contributed by atoms with Crippen LogP contribution in [0.4, 0.5) is 5.69 Å². The van der Waals surface area contributed by atoms with E-state index in [4.69, 9.17) is 0 Å². The number of piperazine rings is 1. The fourth-order valence-corrected chi connectivity index (χ4v) is 3.34. The Kier molecular flexibility index (Phi) is 10.1. The molecule has 28 heavy (non-hydrogen) atoms. The topological polar surface area (TPSA) is 75.5 Å². The molecule has 6 nitrogen and oxygen atoms in total. The molecule has 1 fully saturated rings. The Morgan fingerprint density at radius 3 is 2.43 bits per heavy atom. The second-order valence-electron chi connectivity index (χ2n) is 6.56. The summed E-state index contributed by atoms with van der Waals surface area (Å²) >= 11 is 0. The summed E-state index contributed by atoms with van der Waals surface area (Å²) < 4.78 is 0. The SMILES string of the molecule is Cl.Cl.O=C(CCN1CCNCC1Cc1ccccc1)c1ccc([N+](=O)[O-])cc1. The molecule has 8 heteroatoms. The summed E-state index contributed by atoms with van der Waals surface area (Å²) in [5.74, 6) is 0.0249. The number of hydrogen-bond donors (Lipinski definition) is 1. The van der Waals surface area contributed by atoms with Crippen molar-refractivity contribution in [1.29, 1.82) is 0 Å². The van der Waals surface area contributed by atoms with Crippen LogP contribution in [0.2, 0.25) is 0 Å². The number of hydrogen-bond acceptors (Lipinski definition) is 5. The minimum Gasteiger partial charge on any atom is -0.314 e. The van der Waals surface area contributed by atoms with Crippen LogP contribution in [0.25, 0.3) is 0 Å². The fraction of sp³-hybridized carbons (Fsp3) is 0.350. The van der Waals surface area contributed by atoms with E-state index < -0.39 is 4.92 Å². The van der Waals surface area contributed by atoms with Crippen molar-refractivity contribution < 1.29 is 9.72 Å². The van der Waals surface area contributed by atoms with Gasteiger partial charge in [-0.05, 0) is 24.1 Å². The molecule has 0 amide bonds. The lowest BCUT2D eigenvalue weighted by atomic mass is 10.0. The molecule has 2 aromatic rings. The number of nitrogens with one attached hydrogen (secondary N) is 1. The standard InChI is InChI=1S/C20H23N3O3.2ClH/c24-20(17-6-8-18(9-7-17)23(25)26)10-12-22-13-11-21-15-19(22)14-16-4-2-1-3-5-16;;/h1-9,19,21H,10-15H2;2*1H. The highest BCUT2D eigenvalue weighted by Gasteiger charge is 2.23. The van der Waals surface area contributed by atoms with Crippen LogP contribution < -0.4 is 5.32 Å². The van der Waals surface area contributed by atoms with Gasteiger partial charge >= 0.3 is 0 Å². The number of Topliss-reactive ketones (excluding diaryl/α,β-unsaturated/α-hetero) is 1. The monoisotopic (exact) mass is 425 g/mol. The minimum absolute atomic E-state index is 0. The molecule has 0 saturated carbocycles. The number of benzene rings is 2. The first kappa shape index (κ1) is 24.0. The Morgan fingerprint density at radius 1 is 1.11 bits per heavy atom. The fourth-order valence-electron chi connectivity index (χ4n) is 3.34. The summed E-state index contributed by atoms with van der Waals surface area (Å²) in [4.78, 5) is 25.0. The van der Waals surface area contributed by atoms with Gasteiger partial charge in [-0.3, -0.25) is 19.8 Å². The summed E-state index contributed by atoms with van der Waals surface area (Å²) in [7, 11) is 0. The number of nitrogens with zero attached hydrogens (tertiary/aromatic N) is 2. The Balaban J connectivity index is 0.00000196. The summed E-state index contributed by atoms with van der Waals surface area (Å²) in [6, 6.07) is 16.6. The van der Waals surface area contributed by atoms with Gasteiger partial charge in [-0.2, -0.15) is 0 Å². The van der Waals surface area contributed by atoms with Crippen molar-refractivity contribution in [3.8, 4) is 0 Å². The molecule has 1 aliphatic heterocycles. The quantitative estimate of drug-likeness (QED) is 0.417.